The molecule has 0 spiro atoms. The van der Waals surface area contributed by atoms with Crippen LogP contribution >= 0.6 is 0 Å². The molecule has 0 fully saturated rings. The maximum absolute atomic E-state index is 11.1. The summed E-state index contributed by atoms with van der Waals surface area (Å²) in [6.45, 7) is 2.80. The van der Waals surface area contributed by atoms with Gasteiger partial charge in [0.2, 0.25) is 6.79 Å². The van der Waals surface area contributed by atoms with E-state index in [0.29, 0.717) is 25.4 Å². The van der Waals surface area contributed by atoms with Crippen molar-refractivity contribution in [3.8, 4) is 17.2 Å². The lowest BCUT2D eigenvalue weighted by molar-refractivity contribution is -0.149. The number of para-hydroxylation sites is 1. The van der Waals surface area contributed by atoms with Crippen LogP contribution in [-0.2, 0) is 16.0 Å². The Labute approximate surface area is 157 Å². The highest BCUT2D eigenvalue weighted by Gasteiger charge is 2.18. The second-order valence-electron chi connectivity index (χ2n) is 5.92. The molecule has 6 nitrogen and oxygen atoms in total. The summed E-state index contributed by atoms with van der Waals surface area (Å²) in [6.07, 6.45) is 3.33. The fourth-order valence-electron chi connectivity index (χ4n) is 2.76. The van der Waals surface area contributed by atoms with Crippen LogP contribution in [0.2, 0.25) is 0 Å². The van der Waals surface area contributed by atoms with Crippen molar-refractivity contribution in [1.82, 2.24) is 0 Å². The monoisotopic (exact) mass is 370 g/mol. The van der Waals surface area contributed by atoms with Gasteiger partial charge in [0.1, 0.15) is 12.4 Å². The molecule has 1 atom stereocenters. The SMILES string of the molecule is CCOC(Cc1ccc(OC/C=C/c2cccc3c2OCO3)cc1)C(=O)O. The van der Waals surface area contributed by atoms with Gasteiger partial charge in [0, 0.05) is 18.6 Å². The number of rotatable bonds is 9. The van der Waals surface area contributed by atoms with E-state index in [1.807, 2.05) is 54.6 Å². The number of aliphatic carboxylic acids is 1. The molecule has 0 saturated heterocycles. The molecule has 0 bridgehead atoms. The van der Waals surface area contributed by atoms with Crippen LogP contribution in [0.15, 0.2) is 48.5 Å². The van der Waals surface area contributed by atoms with E-state index in [-0.39, 0.29) is 6.79 Å². The third-order valence-corrected chi connectivity index (χ3v) is 4.06. The van der Waals surface area contributed by atoms with Crippen LogP contribution in [0.3, 0.4) is 0 Å². The first-order valence-corrected chi connectivity index (χ1v) is 8.78. The van der Waals surface area contributed by atoms with Crippen molar-refractivity contribution in [3.63, 3.8) is 0 Å². The molecule has 6 heteroatoms. The molecule has 0 radical (unpaired) electrons. The van der Waals surface area contributed by atoms with Gasteiger partial charge >= 0.3 is 5.97 Å². The predicted octanol–water partition coefficient (Wildman–Crippen LogP) is 3.54. The summed E-state index contributed by atoms with van der Waals surface area (Å²) in [5.74, 6) is 1.26. The average molecular weight is 370 g/mol. The maximum atomic E-state index is 11.1. The van der Waals surface area contributed by atoms with Crippen molar-refractivity contribution in [2.24, 2.45) is 0 Å². The van der Waals surface area contributed by atoms with Gasteiger partial charge in [-0.1, -0.05) is 30.3 Å². The topological polar surface area (TPSA) is 74.2 Å². The fourth-order valence-corrected chi connectivity index (χ4v) is 2.76. The van der Waals surface area contributed by atoms with Crippen LogP contribution in [0.5, 0.6) is 17.2 Å². The van der Waals surface area contributed by atoms with Crippen LogP contribution < -0.4 is 14.2 Å². The molecule has 142 valence electrons. The zero-order valence-corrected chi connectivity index (χ0v) is 15.1. The number of benzene rings is 2. The lowest BCUT2D eigenvalue weighted by Crippen LogP contribution is -2.26. The zero-order valence-electron chi connectivity index (χ0n) is 15.1. The molecule has 0 aromatic heterocycles. The standard InChI is InChI=1S/C21H22O6/c1-2-24-19(21(22)23)13-15-8-10-17(11-9-15)25-12-4-6-16-5-3-7-18-20(16)27-14-26-18/h3-11,19H,2,12-14H2,1H3,(H,22,23)/b6-4+. The first-order chi connectivity index (χ1) is 13.2. The lowest BCUT2D eigenvalue weighted by atomic mass is 10.1. The third kappa shape index (κ3) is 5.01. The Bertz CT molecular complexity index is 797. The Morgan fingerprint density at radius 3 is 2.78 bits per heavy atom. The summed E-state index contributed by atoms with van der Waals surface area (Å²) in [5, 5.41) is 9.14. The summed E-state index contributed by atoms with van der Waals surface area (Å²) in [5.41, 5.74) is 1.83. The van der Waals surface area contributed by atoms with Gasteiger partial charge in [-0.25, -0.2) is 4.79 Å². The molecular formula is C21H22O6. The van der Waals surface area contributed by atoms with Gasteiger partial charge in [-0.2, -0.15) is 0 Å². The van der Waals surface area contributed by atoms with Gasteiger partial charge in [-0.05, 0) is 36.8 Å². The van der Waals surface area contributed by atoms with Crippen LogP contribution in [0.4, 0.5) is 0 Å². The Kier molecular flexibility index (Phi) is 6.33. The van der Waals surface area contributed by atoms with E-state index >= 15 is 0 Å². The molecule has 2 aromatic rings. The summed E-state index contributed by atoms with van der Waals surface area (Å²) in [7, 11) is 0. The van der Waals surface area contributed by atoms with E-state index in [9.17, 15) is 4.79 Å². The summed E-state index contributed by atoms with van der Waals surface area (Å²) in [6, 6.07) is 13.1. The number of fused-ring (bicyclic) bond motifs is 1. The number of carboxylic acids is 1. The molecule has 1 aliphatic heterocycles. The average Bonchev–Trinajstić information content (AvgIpc) is 3.15. The summed E-state index contributed by atoms with van der Waals surface area (Å²) >= 11 is 0. The van der Waals surface area contributed by atoms with E-state index in [0.717, 1.165) is 22.6 Å². The van der Waals surface area contributed by atoms with Crippen molar-refractivity contribution < 1.29 is 28.8 Å². The molecule has 1 unspecified atom stereocenters. The molecule has 0 saturated carbocycles. The Hall–Kier alpha value is -2.99. The molecule has 1 heterocycles. The second-order valence-corrected chi connectivity index (χ2v) is 5.92. The minimum Gasteiger partial charge on any atom is -0.490 e. The lowest BCUT2D eigenvalue weighted by Gasteiger charge is -2.12. The minimum absolute atomic E-state index is 0.245. The smallest absolute Gasteiger partial charge is 0.333 e. The van der Waals surface area contributed by atoms with E-state index in [1.165, 1.54) is 0 Å². The minimum atomic E-state index is -0.955. The third-order valence-electron chi connectivity index (χ3n) is 4.06. The van der Waals surface area contributed by atoms with E-state index in [2.05, 4.69) is 0 Å². The summed E-state index contributed by atoms with van der Waals surface area (Å²) < 4.78 is 21.7. The molecule has 0 aliphatic carbocycles. The number of carboxylic acid groups (broad SMARTS) is 1. The van der Waals surface area contributed by atoms with Gasteiger partial charge in [0.25, 0.3) is 0 Å². The normalized spacial score (nSPS) is 13.7. The van der Waals surface area contributed by atoms with Gasteiger partial charge in [0.15, 0.2) is 17.6 Å². The van der Waals surface area contributed by atoms with Gasteiger partial charge in [-0.3, -0.25) is 0 Å². The van der Waals surface area contributed by atoms with Gasteiger partial charge in [0.05, 0.1) is 0 Å². The molecule has 1 aliphatic rings. The predicted molar refractivity (Wildman–Crippen MR) is 100 cm³/mol. The summed E-state index contributed by atoms with van der Waals surface area (Å²) in [4.78, 5) is 11.1. The van der Waals surface area contributed by atoms with Crippen molar-refractivity contribution in [3.05, 3.63) is 59.7 Å². The molecule has 1 N–H and O–H groups in total. The highest BCUT2D eigenvalue weighted by atomic mass is 16.7. The molecule has 0 amide bonds. The van der Waals surface area contributed by atoms with Crippen LogP contribution in [-0.4, -0.2) is 37.2 Å². The number of ether oxygens (including phenoxy) is 4. The maximum Gasteiger partial charge on any atom is 0.333 e. The Morgan fingerprint density at radius 1 is 1.22 bits per heavy atom. The van der Waals surface area contributed by atoms with Gasteiger partial charge < -0.3 is 24.1 Å². The second kappa shape index (κ2) is 9.09. The van der Waals surface area contributed by atoms with Crippen LogP contribution in [0.1, 0.15) is 18.1 Å². The first kappa shape index (κ1) is 18.8. The van der Waals surface area contributed by atoms with Crippen molar-refractivity contribution in [2.45, 2.75) is 19.4 Å². The van der Waals surface area contributed by atoms with E-state index in [1.54, 1.807) is 6.92 Å². The molecule has 27 heavy (non-hydrogen) atoms. The fraction of sp³-hybridized carbons (Fsp3) is 0.286. The highest BCUT2D eigenvalue weighted by Crippen LogP contribution is 2.35. The van der Waals surface area contributed by atoms with Crippen molar-refractivity contribution in [1.29, 1.82) is 0 Å². The Balaban J connectivity index is 1.52. The van der Waals surface area contributed by atoms with E-state index < -0.39 is 12.1 Å². The largest absolute Gasteiger partial charge is 0.490 e. The molecule has 3 rings (SSSR count). The number of carbonyl (C=O) groups is 1. The number of hydrogen-bond acceptors (Lipinski definition) is 5. The van der Waals surface area contributed by atoms with Crippen LogP contribution in [0, 0.1) is 0 Å². The first-order valence-electron chi connectivity index (χ1n) is 8.78. The molecule has 2 aromatic carbocycles. The van der Waals surface area contributed by atoms with Crippen molar-refractivity contribution in [2.75, 3.05) is 20.0 Å². The van der Waals surface area contributed by atoms with E-state index in [4.69, 9.17) is 24.1 Å². The highest BCUT2D eigenvalue weighted by molar-refractivity contribution is 5.72. The number of hydrogen-bond donors (Lipinski definition) is 1. The quantitative estimate of drug-likeness (QED) is 0.728. The van der Waals surface area contributed by atoms with Crippen molar-refractivity contribution >= 4 is 12.0 Å². The van der Waals surface area contributed by atoms with Gasteiger partial charge in [-0.15, -0.1) is 0 Å². The van der Waals surface area contributed by atoms with Crippen LogP contribution in [0.25, 0.3) is 6.08 Å². The Morgan fingerprint density at radius 2 is 2.04 bits per heavy atom. The zero-order chi connectivity index (χ0) is 19.1. The molecular weight excluding hydrogens is 348 g/mol.